The molecule has 0 aromatic rings. The number of carbonyl (C=O) groups is 2. The zero-order chi connectivity index (χ0) is 15.4. The fourth-order valence-electron chi connectivity index (χ4n) is 1.53. The van der Waals surface area contributed by atoms with Crippen molar-refractivity contribution < 1.29 is 19.1 Å². The van der Waals surface area contributed by atoms with Crippen LogP contribution in [-0.4, -0.2) is 25.2 Å². The topological polar surface area (TPSA) is 52.6 Å². The molecule has 20 heavy (non-hydrogen) atoms. The van der Waals surface area contributed by atoms with Crippen LogP contribution < -0.4 is 0 Å². The number of carbonyl (C=O) groups excluding carboxylic acids is 2. The first-order chi connectivity index (χ1) is 9.41. The molecule has 0 amide bonds. The molecule has 0 spiro atoms. The Balaban J connectivity index is 3.35. The van der Waals surface area contributed by atoms with Gasteiger partial charge in [-0.15, -0.1) is 0 Å². The van der Waals surface area contributed by atoms with Gasteiger partial charge in [-0.3, -0.25) is 9.59 Å². The maximum atomic E-state index is 11.3. The highest BCUT2D eigenvalue weighted by Gasteiger charge is 2.06. The van der Waals surface area contributed by atoms with E-state index in [4.69, 9.17) is 9.47 Å². The molecule has 0 aliphatic heterocycles. The van der Waals surface area contributed by atoms with Gasteiger partial charge in [-0.05, 0) is 37.5 Å². The molecule has 0 fully saturated rings. The van der Waals surface area contributed by atoms with Crippen LogP contribution in [0, 0.1) is 11.8 Å². The van der Waals surface area contributed by atoms with Crippen LogP contribution in [0.25, 0.3) is 0 Å². The van der Waals surface area contributed by atoms with E-state index in [0.717, 1.165) is 25.7 Å². The van der Waals surface area contributed by atoms with Crippen molar-refractivity contribution in [3.8, 4) is 0 Å². The van der Waals surface area contributed by atoms with Crippen LogP contribution in [0.4, 0.5) is 0 Å². The summed E-state index contributed by atoms with van der Waals surface area (Å²) in [5.74, 6) is 0.779. The fourth-order valence-corrected chi connectivity index (χ4v) is 1.53. The normalized spacial score (nSPS) is 10.9. The molecule has 0 atom stereocenters. The summed E-state index contributed by atoms with van der Waals surface area (Å²) in [6.07, 6.45) is 4.19. The van der Waals surface area contributed by atoms with Gasteiger partial charge in [0.1, 0.15) is 0 Å². The van der Waals surface area contributed by atoms with Gasteiger partial charge in [0, 0.05) is 12.8 Å². The number of ether oxygens (including phenoxy) is 2. The number of hydrogen-bond acceptors (Lipinski definition) is 4. The molecular formula is C16H30O4. The standard InChI is InChI=1S/C16H30O4/c1-13(2)7-9-15(17)19-11-5-6-12-20-16(18)10-8-14(3)4/h13-14H,5-12H2,1-4H3. The lowest BCUT2D eigenvalue weighted by Gasteiger charge is -2.07. The van der Waals surface area contributed by atoms with E-state index < -0.39 is 0 Å². The Bertz CT molecular complexity index is 244. The Morgan fingerprint density at radius 3 is 1.40 bits per heavy atom. The van der Waals surface area contributed by atoms with E-state index in [-0.39, 0.29) is 11.9 Å². The van der Waals surface area contributed by atoms with E-state index >= 15 is 0 Å². The second kappa shape index (κ2) is 11.7. The van der Waals surface area contributed by atoms with Gasteiger partial charge in [0.25, 0.3) is 0 Å². The lowest BCUT2D eigenvalue weighted by Crippen LogP contribution is -2.09. The molecular weight excluding hydrogens is 256 g/mol. The molecule has 4 nitrogen and oxygen atoms in total. The number of unbranched alkanes of at least 4 members (excludes halogenated alkanes) is 1. The Kier molecular flexibility index (Phi) is 11.1. The zero-order valence-corrected chi connectivity index (χ0v) is 13.4. The summed E-state index contributed by atoms with van der Waals surface area (Å²) in [7, 11) is 0. The molecule has 0 aliphatic rings. The molecule has 0 saturated heterocycles. The second-order valence-electron chi connectivity index (χ2n) is 6.01. The predicted molar refractivity (Wildman–Crippen MR) is 79.3 cm³/mol. The number of esters is 2. The van der Waals surface area contributed by atoms with Crippen molar-refractivity contribution >= 4 is 11.9 Å². The average molecular weight is 286 g/mol. The second-order valence-corrected chi connectivity index (χ2v) is 6.01. The average Bonchev–Trinajstić information content (AvgIpc) is 2.37. The van der Waals surface area contributed by atoms with E-state index in [1.54, 1.807) is 0 Å². The quantitative estimate of drug-likeness (QED) is 0.429. The van der Waals surface area contributed by atoms with Gasteiger partial charge in [-0.1, -0.05) is 27.7 Å². The number of rotatable bonds is 11. The summed E-state index contributed by atoms with van der Waals surface area (Å²) in [6.45, 7) is 9.17. The van der Waals surface area contributed by atoms with Gasteiger partial charge in [0.15, 0.2) is 0 Å². The van der Waals surface area contributed by atoms with Crippen molar-refractivity contribution in [1.82, 2.24) is 0 Å². The van der Waals surface area contributed by atoms with Gasteiger partial charge in [0.05, 0.1) is 13.2 Å². The van der Waals surface area contributed by atoms with Gasteiger partial charge in [-0.2, -0.15) is 0 Å². The third-order valence-electron chi connectivity index (χ3n) is 2.92. The summed E-state index contributed by atoms with van der Waals surface area (Å²) in [6, 6.07) is 0. The summed E-state index contributed by atoms with van der Waals surface area (Å²) in [4.78, 5) is 22.7. The molecule has 0 radical (unpaired) electrons. The van der Waals surface area contributed by atoms with Crippen molar-refractivity contribution in [3.05, 3.63) is 0 Å². The zero-order valence-electron chi connectivity index (χ0n) is 13.4. The lowest BCUT2D eigenvalue weighted by molar-refractivity contribution is -0.146. The van der Waals surface area contributed by atoms with Gasteiger partial charge >= 0.3 is 11.9 Å². The first-order valence-electron chi connectivity index (χ1n) is 7.73. The van der Waals surface area contributed by atoms with Crippen LogP contribution in [0.5, 0.6) is 0 Å². The highest BCUT2D eigenvalue weighted by Crippen LogP contribution is 2.06. The van der Waals surface area contributed by atoms with Crippen LogP contribution in [0.15, 0.2) is 0 Å². The SMILES string of the molecule is CC(C)CCC(=O)OCCCCOC(=O)CCC(C)C. The molecule has 0 unspecified atom stereocenters. The first kappa shape index (κ1) is 18.9. The molecule has 118 valence electrons. The molecule has 4 heteroatoms. The highest BCUT2D eigenvalue weighted by atomic mass is 16.5. The molecule has 0 saturated carbocycles. The predicted octanol–water partition coefficient (Wildman–Crippen LogP) is 3.73. The summed E-state index contributed by atoms with van der Waals surface area (Å²) < 4.78 is 10.2. The maximum Gasteiger partial charge on any atom is 0.305 e. The Morgan fingerprint density at radius 1 is 0.750 bits per heavy atom. The van der Waals surface area contributed by atoms with Crippen LogP contribution in [0.2, 0.25) is 0 Å². The largest absolute Gasteiger partial charge is 0.466 e. The molecule has 0 N–H and O–H groups in total. The van der Waals surface area contributed by atoms with E-state index in [2.05, 4.69) is 27.7 Å². The monoisotopic (exact) mass is 286 g/mol. The Morgan fingerprint density at radius 2 is 1.10 bits per heavy atom. The Labute approximate surface area is 123 Å². The Hall–Kier alpha value is -1.06. The van der Waals surface area contributed by atoms with Crippen molar-refractivity contribution in [2.75, 3.05) is 13.2 Å². The van der Waals surface area contributed by atoms with Crippen LogP contribution in [0.3, 0.4) is 0 Å². The van der Waals surface area contributed by atoms with Crippen molar-refractivity contribution in [3.63, 3.8) is 0 Å². The molecule has 0 heterocycles. The summed E-state index contributed by atoms with van der Waals surface area (Å²) in [5.41, 5.74) is 0. The lowest BCUT2D eigenvalue weighted by atomic mass is 10.1. The van der Waals surface area contributed by atoms with Crippen molar-refractivity contribution in [2.24, 2.45) is 11.8 Å². The first-order valence-corrected chi connectivity index (χ1v) is 7.73. The minimum atomic E-state index is -0.132. The smallest absolute Gasteiger partial charge is 0.305 e. The molecule has 0 aliphatic carbocycles. The van der Waals surface area contributed by atoms with E-state index in [0.29, 0.717) is 37.9 Å². The van der Waals surface area contributed by atoms with Crippen LogP contribution in [-0.2, 0) is 19.1 Å². The van der Waals surface area contributed by atoms with E-state index in [1.807, 2.05) is 0 Å². The van der Waals surface area contributed by atoms with Crippen molar-refractivity contribution in [2.45, 2.75) is 66.2 Å². The van der Waals surface area contributed by atoms with E-state index in [1.165, 1.54) is 0 Å². The van der Waals surface area contributed by atoms with Crippen molar-refractivity contribution in [1.29, 1.82) is 0 Å². The summed E-state index contributed by atoms with van der Waals surface area (Å²) >= 11 is 0. The van der Waals surface area contributed by atoms with Crippen LogP contribution >= 0.6 is 0 Å². The fraction of sp³-hybridized carbons (Fsp3) is 0.875. The third kappa shape index (κ3) is 13.4. The number of hydrogen-bond donors (Lipinski definition) is 0. The van der Waals surface area contributed by atoms with Crippen LogP contribution in [0.1, 0.15) is 66.2 Å². The summed E-state index contributed by atoms with van der Waals surface area (Å²) in [5, 5.41) is 0. The van der Waals surface area contributed by atoms with Gasteiger partial charge < -0.3 is 9.47 Å². The minimum Gasteiger partial charge on any atom is -0.466 e. The molecule has 0 rings (SSSR count). The maximum absolute atomic E-state index is 11.3. The third-order valence-corrected chi connectivity index (χ3v) is 2.92. The van der Waals surface area contributed by atoms with Gasteiger partial charge in [-0.25, -0.2) is 0 Å². The van der Waals surface area contributed by atoms with Gasteiger partial charge in [0.2, 0.25) is 0 Å². The highest BCUT2D eigenvalue weighted by molar-refractivity contribution is 5.69. The molecule has 0 aromatic heterocycles. The molecule has 0 aromatic carbocycles. The van der Waals surface area contributed by atoms with E-state index in [9.17, 15) is 9.59 Å². The minimum absolute atomic E-state index is 0.132. The molecule has 0 bridgehead atoms.